The third-order valence-corrected chi connectivity index (χ3v) is 2.46. The van der Waals surface area contributed by atoms with Crippen LogP contribution in [0.25, 0.3) is 0 Å². The fourth-order valence-electron chi connectivity index (χ4n) is 1.69. The topological polar surface area (TPSA) is 35.5 Å². The van der Waals surface area contributed by atoms with Crippen LogP contribution in [0, 0.1) is 0 Å². The number of rotatable bonds is 1. The molecule has 0 bridgehead atoms. The lowest BCUT2D eigenvalue weighted by Gasteiger charge is -2.20. The highest BCUT2D eigenvalue weighted by Crippen LogP contribution is 2.26. The smallest absolute Gasteiger partial charge is 0.0791 e. The predicted octanol–water partition coefficient (Wildman–Crippen LogP) is -0.585. The van der Waals surface area contributed by atoms with Gasteiger partial charge in [-0.1, -0.05) is 0 Å². The fourth-order valence-corrected chi connectivity index (χ4v) is 1.69. The van der Waals surface area contributed by atoms with E-state index in [1.165, 1.54) is 12.8 Å². The Hall–Kier alpha value is -0.120. The molecule has 1 heterocycles. The first-order valence-electron chi connectivity index (χ1n) is 4.49. The maximum atomic E-state index is 9.43. The Morgan fingerprint density at radius 3 is 2.91 bits per heavy atom. The van der Waals surface area contributed by atoms with Crippen LogP contribution in [0.2, 0.25) is 0 Å². The average Bonchev–Trinajstić information content (AvgIpc) is 2.71. The van der Waals surface area contributed by atoms with Crippen LogP contribution in [-0.2, 0) is 0 Å². The van der Waals surface area contributed by atoms with Crippen LogP contribution in [0.1, 0.15) is 12.8 Å². The van der Waals surface area contributed by atoms with E-state index >= 15 is 0 Å². The number of aliphatic hydroxyl groups excluding tert-OH is 1. The molecule has 1 aliphatic carbocycles. The molecule has 0 aromatic carbocycles. The molecule has 1 unspecified atom stereocenters. The highest BCUT2D eigenvalue weighted by molar-refractivity contribution is 4.87. The second-order valence-corrected chi connectivity index (χ2v) is 3.58. The van der Waals surface area contributed by atoms with Crippen molar-refractivity contribution in [2.24, 2.45) is 0 Å². The Balaban J connectivity index is 1.86. The number of aliphatic hydroxyl groups is 1. The van der Waals surface area contributed by atoms with Gasteiger partial charge in [-0.05, 0) is 12.8 Å². The zero-order valence-electron chi connectivity index (χ0n) is 6.79. The van der Waals surface area contributed by atoms with Crippen LogP contribution < -0.4 is 5.32 Å². The van der Waals surface area contributed by atoms with Crippen molar-refractivity contribution >= 4 is 0 Å². The molecule has 0 aromatic heterocycles. The summed E-state index contributed by atoms with van der Waals surface area (Å²) in [7, 11) is 0. The molecule has 11 heavy (non-hydrogen) atoms. The first-order chi connectivity index (χ1) is 5.36. The molecule has 0 amide bonds. The van der Waals surface area contributed by atoms with E-state index in [1.807, 2.05) is 0 Å². The molecule has 1 saturated heterocycles. The molecule has 2 fully saturated rings. The lowest BCUT2D eigenvalue weighted by atomic mass is 10.3. The molecule has 0 spiro atoms. The van der Waals surface area contributed by atoms with Gasteiger partial charge in [-0.15, -0.1) is 0 Å². The maximum absolute atomic E-state index is 9.43. The Labute approximate surface area is 67.4 Å². The average molecular weight is 156 g/mol. The third-order valence-electron chi connectivity index (χ3n) is 2.46. The van der Waals surface area contributed by atoms with Gasteiger partial charge in [-0.3, -0.25) is 4.90 Å². The van der Waals surface area contributed by atoms with Gasteiger partial charge < -0.3 is 10.4 Å². The van der Waals surface area contributed by atoms with Crippen LogP contribution >= 0.6 is 0 Å². The quantitative estimate of drug-likeness (QED) is 0.533. The van der Waals surface area contributed by atoms with Gasteiger partial charge >= 0.3 is 0 Å². The summed E-state index contributed by atoms with van der Waals surface area (Å²) in [6.45, 7) is 3.79. The summed E-state index contributed by atoms with van der Waals surface area (Å²) < 4.78 is 0. The van der Waals surface area contributed by atoms with Gasteiger partial charge in [0.05, 0.1) is 6.10 Å². The van der Waals surface area contributed by atoms with Gasteiger partial charge in [0.1, 0.15) is 0 Å². The molecule has 0 radical (unpaired) electrons. The van der Waals surface area contributed by atoms with Gasteiger partial charge in [0, 0.05) is 32.2 Å². The van der Waals surface area contributed by atoms with Crippen LogP contribution in [0.4, 0.5) is 0 Å². The zero-order chi connectivity index (χ0) is 7.68. The standard InChI is InChI=1S/C8H16N2O/c11-8-5-9-3-4-10(6-8)7-1-2-7/h7-9,11H,1-6H2. The molecule has 1 saturated carbocycles. The molecule has 3 heteroatoms. The van der Waals surface area contributed by atoms with E-state index in [1.54, 1.807) is 0 Å². The van der Waals surface area contributed by atoms with Crippen molar-refractivity contribution in [3.05, 3.63) is 0 Å². The molecule has 2 rings (SSSR count). The van der Waals surface area contributed by atoms with E-state index in [2.05, 4.69) is 10.2 Å². The highest BCUT2D eigenvalue weighted by Gasteiger charge is 2.30. The van der Waals surface area contributed by atoms with Gasteiger partial charge in [0.15, 0.2) is 0 Å². The van der Waals surface area contributed by atoms with Gasteiger partial charge in [0.25, 0.3) is 0 Å². The first-order valence-corrected chi connectivity index (χ1v) is 4.49. The SMILES string of the molecule is OC1CNCCN(C2CC2)C1. The molecule has 2 aliphatic rings. The maximum Gasteiger partial charge on any atom is 0.0791 e. The monoisotopic (exact) mass is 156 g/mol. The van der Waals surface area contributed by atoms with Crippen molar-refractivity contribution in [3.8, 4) is 0 Å². The highest BCUT2D eigenvalue weighted by atomic mass is 16.3. The van der Waals surface area contributed by atoms with Gasteiger partial charge in [-0.2, -0.15) is 0 Å². The Bertz CT molecular complexity index is 136. The minimum atomic E-state index is -0.155. The van der Waals surface area contributed by atoms with E-state index in [9.17, 15) is 5.11 Å². The van der Waals surface area contributed by atoms with Crippen molar-refractivity contribution < 1.29 is 5.11 Å². The summed E-state index contributed by atoms with van der Waals surface area (Å²) in [5.41, 5.74) is 0. The summed E-state index contributed by atoms with van der Waals surface area (Å²) in [5.74, 6) is 0. The van der Waals surface area contributed by atoms with E-state index in [4.69, 9.17) is 0 Å². The zero-order valence-corrected chi connectivity index (χ0v) is 6.79. The summed E-state index contributed by atoms with van der Waals surface area (Å²) >= 11 is 0. The van der Waals surface area contributed by atoms with Crippen molar-refractivity contribution in [1.29, 1.82) is 0 Å². The number of hydrogen-bond donors (Lipinski definition) is 2. The fraction of sp³-hybridized carbons (Fsp3) is 1.00. The molecule has 2 N–H and O–H groups in total. The molecule has 64 valence electrons. The van der Waals surface area contributed by atoms with Crippen molar-refractivity contribution in [2.45, 2.75) is 25.0 Å². The molecular formula is C8H16N2O. The number of nitrogens with one attached hydrogen (secondary N) is 1. The lowest BCUT2D eigenvalue weighted by Crippen LogP contribution is -2.34. The molecular weight excluding hydrogens is 140 g/mol. The van der Waals surface area contributed by atoms with Crippen molar-refractivity contribution in [3.63, 3.8) is 0 Å². The summed E-state index contributed by atoms with van der Waals surface area (Å²) in [5, 5.41) is 12.7. The predicted molar refractivity (Wildman–Crippen MR) is 43.5 cm³/mol. The molecule has 1 atom stereocenters. The number of hydrogen-bond acceptors (Lipinski definition) is 3. The summed E-state index contributed by atoms with van der Waals surface area (Å²) in [6.07, 6.45) is 2.53. The van der Waals surface area contributed by atoms with E-state index in [0.29, 0.717) is 0 Å². The van der Waals surface area contributed by atoms with Crippen molar-refractivity contribution in [2.75, 3.05) is 26.2 Å². The van der Waals surface area contributed by atoms with Crippen LogP contribution in [0.15, 0.2) is 0 Å². The number of β-amino-alcohol motifs (C(OH)–C–C–N with tert-alkyl or cyclic N) is 1. The van der Waals surface area contributed by atoms with Gasteiger partial charge in [0.2, 0.25) is 0 Å². The van der Waals surface area contributed by atoms with Crippen molar-refractivity contribution in [1.82, 2.24) is 10.2 Å². The normalized spacial score (nSPS) is 35.2. The molecule has 0 aromatic rings. The third kappa shape index (κ3) is 1.92. The van der Waals surface area contributed by atoms with Crippen LogP contribution in [0.5, 0.6) is 0 Å². The van der Waals surface area contributed by atoms with Gasteiger partial charge in [-0.25, -0.2) is 0 Å². The second kappa shape index (κ2) is 3.09. The minimum Gasteiger partial charge on any atom is -0.390 e. The Morgan fingerprint density at radius 2 is 2.18 bits per heavy atom. The van der Waals surface area contributed by atoms with Crippen LogP contribution in [-0.4, -0.2) is 48.3 Å². The van der Waals surface area contributed by atoms with E-state index in [0.717, 1.165) is 32.2 Å². The van der Waals surface area contributed by atoms with Crippen LogP contribution in [0.3, 0.4) is 0 Å². The Kier molecular flexibility index (Phi) is 2.11. The lowest BCUT2D eigenvalue weighted by molar-refractivity contribution is 0.127. The first kappa shape index (κ1) is 7.53. The molecule has 1 aliphatic heterocycles. The number of nitrogens with zero attached hydrogens (tertiary/aromatic N) is 1. The summed E-state index contributed by atoms with van der Waals surface area (Å²) in [4.78, 5) is 2.41. The minimum absolute atomic E-state index is 0.155. The summed E-state index contributed by atoms with van der Waals surface area (Å²) in [6, 6.07) is 0.796. The van der Waals surface area contributed by atoms with E-state index < -0.39 is 0 Å². The second-order valence-electron chi connectivity index (χ2n) is 3.58. The van der Waals surface area contributed by atoms with E-state index in [-0.39, 0.29) is 6.10 Å². The molecule has 3 nitrogen and oxygen atoms in total. The Morgan fingerprint density at radius 1 is 1.36 bits per heavy atom. The largest absolute Gasteiger partial charge is 0.390 e.